The standard InChI is InChI=1S/C16H12BrClO3/c1-2-9-20-16(19)8-5-12-4-7-15(21-12)13-6-3-11(18)10-14(13)17/h2-8,10H,1,9H2/b8-5+. The van der Waals surface area contributed by atoms with Gasteiger partial charge in [-0.05, 0) is 52.3 Å². The van der Waals surface area contributed by atoms with E-state index in [2.05, 4.69) is 22.5 Å². The van der Waals surface area contributed by atoms with Crippen LogP contribution in [0.1, 0.15) is 5.76 Å². The van der Waals surface area contributed by atoms with Crippen molar-refractivity contribution in [3.63, 3.8) is 0 Å². The van der Waals surface area contributed by atoms with Gasteiger partial charge in [-0.15, -0.1) is 0 Å². The molecule has 2 aromatic rings. The third-order valence-corrected chi connectivity index (χ3v) is 3.44. The summed E-state index contributed by atoms with van der Waals surface area (Å²) in [6.07, 6.45) is 4.37. The Bertz CT molecular complexity index is 689. The topological polar surface area (TPSA) is 39.4 Å². The monoisotopic (exact) mass is 366 g/mol. The molecule has 0 aliphatic carbocycles. The first-order chi connectivity index (χ1) is 10.1. The molecular weight excluding hydrogens is 356 g/mol. The number of hydrogen-bond acceptors (Lipinski definition) is 3. The molecule has 0 aliphatic heterocycles. The van der Waals surface area contributed by atoms with Crippen LogP contribution in [0, 0.1) is 0 Å². The van der Waals surface area contributed by atoms with Crippen LogP contribution in [0.15, 0.2) is 58.0 Å². The normalized spacial score (nSPS) is 10.8. The number of furan rings is 1. The summed E-state index contributed by atoms with van der Waals surface area (Å²) in [5.41, 5.74) is 0.883. The largest absolute Gasteiger partial charge is 0.458 e. The van der Waals surface area contributed by atoms with Crippen LogP contribution in [0.5, 0.6) is 0 Å². The van der Waals surface area contributed by atoms with Gasteiger partial charge in [0.1, 0.15) is 18.1 Å². The Morgan fingerprint density at radius 3 is 2.90 bits per heavy atom. The van der Waals surface area contributed by atoms with Gasteiger partial charge in [-0.25, -0.2) is 4.79 Å². The van der Waals surface area contributed by atoms with Crippen molar-refractivity contribution >= 4 is 39.6 Å². The first kappa shape index (κ1) is 15.6. The molecule has 1 aromatic carbocycles. The molecule has 2 rings (SSSR count). The van der Waals surface area contributed by atoms with E-state index in [0.29, 0.717) is 16.5 Å². The van der Waals surface area contributed by atoms with E-state index in [4.69, 9.17) is 20.8 Å². The minimum Gasteiger partial charge on any atom is -0.458 e. The fraction of sp³-hybridized carbons (Fsp3) is 0.0625. The summed E-state index contributed by atoms with van der Waals surface area (Å²) in [5, 5.41) is 0.641. The Labute approximate surface area is 136 Å². The molecule has 108 valence electrons. The average molecular weight is 368 g/mol. The van der Waals surface area contributed by atoms with E-state index in [0.717, 1.165) is 10.0 Å². The van der Waals surface area contributed by atoms with Crippen molar-refractivity contribution in [2.75, 3.05) is 6.61 Å². The molecule has 5 heteroatoms. The number of hydrogen-bond donors (Lipinski definition) is 0. The molecule has 0 bridgehead atoms. The van der Waals surface area contributed by atoms with E-state index in [1.807, 2.05) is 12.1 Å². The van der Waals surface area contributed by atoms with Crippen LogP contribution in [-0.2, 0) is 9.53 Å². The van der Waals surface area contributed by atoms with Crippen LogP contribution in [0.2, 0.25) is 5.02 Å². The second kappa shape index (κ2) is 7.29. The second-order valence-electron chi connectivity index (χ2n) is 4.08. The van der Waals surface area contributed by atoms with Crippen molar-refractivity contribution in [3.8, 4) is 11.3 Å². The molecule has 1 aromatic heterocycles. The number of rotatable bonds is 5. The van der Waals surface area contributed by atoms with Crippen LogP contribution in [-0.4, -0.2) is 12.6 Å². The minimum absolute atomic E-state index is 0.185. The van der Waals surface area contributed by atoms with E-state index in [-0.39, 0.29) is 6.61 Å². The molecule has 0 saturated carbocycles. The van der Waals surface area contributed by atoms with Crippen LogP contribution in [0.3, 0.4) is 0 Å². The first-order valence-corrected chi connectivity index (χ1v) is 7.28. The van der Waals surface area contributed by atoms with Gasteiger partial charge in [0.05, 0.1) is 0 Å². The van der Waals surface area contributed by atoms with Gasteiger partial charge >= 0.3 is 5.97 Å². The number of ether oxygens (including phenoxy) is 1. The van der Waals surface area contributed by atoms with E-state index in [1.165, 1.54) is 12.2 Å². The lowest BCUT2D eigenvalue weighted by molar-refractivity contribution is -0.136. The maximum absolute atomic E-state index is 11.3. The van der Waals surface area contributed by atoms with Gasteiger partial charge in [-0.3, -0.25) is 0 Å². The summed E-state index contributed by atoms with van der Waals surface area (Å²) >= 11 is 9.34. The van der Waals surface area contributed by atoms with Crippen molar-refractivity contribution in [1.29, 1.82) is 0 Å². The molecule has 0 aliphatic rings. The quantitative estimate of drug-likeness (QED) is 0.419. The molecule has 3 nitrogen and oxygen atoms in total. The summed E-state index contributed by atoms with van der Waals surface area (Å²) in [7, 11) is 0. The van der Waals surface area contributed by atoms with Crippen molar-refractivity contribution in [3.05, 3.63) is 64.3 Å². The Morgan fingerprint density at radius 2 is 2.19 bits per heavy atom. The maximum atomic E-state index is 11.3. The Hall–Kier alpha value is -1.78. The van der Waals surface area contributed by atoms with Crippen LogP contribution >= 0.6 is 27.5 Å². The molecule has 0 unspecified atom stereocenters. The molecule has 0 N–H and O–H groups in total. The van der Waals surface area contributed by atoms with Gasteiger partial charge in [0.15, 0.2) is 0 Å². The fourth-order valence-corrected chi connectivity index (χ4v) is 2.49. The fourth-order valence-electron chi connectivity index (χ4n) is 1.62. The number of carbonyl (C=O) groups is 1. The zero-order valence-electron chi connectivity index (χ0n) is 11.0. The molecule has 0 radical (unpaired) electrons. The number of benzene rings is 1. The van der Waals surface area contributed by atoms with Crippen molar-refractivity contribution in [1.82, 2.24) is 0 Å². The summed E-state index contributed by atoms with van der Waals surface area (Å²) in [6, 6.07) is 9.03. The summed E-state index contributed by atoms with van der Waals surface area (Å²) < 4.78 is 11.3. The summed E-state index contributed by atoms with van der Waals surface area (Å²) in [6.45, 7) is 3.65. The average Bonchev–Trinajstić information content (AvgIpc) is 2.91. The Balaban J connectivity index is 2.12. The van der Waals surface area contributed by atoms with Crippen LogP contribution in [0.25, 0.3) is 17.4 Å². The van der Waals surface area contributed by atoms with Gasteiger partial charge in [0.2, 0.25) is 0 Å². The van der Waals surface area contributed by atoms with Gasteiger partial charge in [0.25, 0.3) is 0 Å². The van der Waals surface area contributed by atoms with E-state index < -0.39 is 5.97 Å². The van der Waals surface area contributed by atoms with Crippen LogP contribution in [0.4, 0.5) is 0 Å². The minimum atomic E-state index is -0.444. The molecule has 0 spiro atoms. The Kier molecular flexibility index (Phi) is 5.42. The zero-order valence-corrected chi connectivity index (χ0v) is 13.4. The first-order valence-electron chi connectivity index (χ1n) is 6.11. The highest BCUT2D eigenvalue weighted by atomic mass is 79.9. The third kappa shape index (κ3) is 4.34. The van der Waals surface area contributed by atoms with Crippen molar-refractivity contribution < 1.29 is 13.9 Å². The van der Waals surface area contributed by atoms with Crippen LogP contribution < -0.4 is 0 Å². The van der Waals surface area contributed by atoms with Gasteiger partial charge in [0, 0.05) is 21.1 Å². The molecule has 0 atom stereocenters. The van der Waals surface area contributed by atoms with Gasteiger partial charge in [-0.1, -0.05) is 24.3 Å². The molecular formula is C16H12BrClO3. The highest BCUT2D eigenvalue weighted by Crippen LogP contribution is 2.32. The van der Waals surface area contributed by atoms with E-state index in [1.54, 1.807) is 24.3 Å². The summed E-state index contributed by atoms with van der Waals surface area (Å²) in [5.74, 6) is 0.792. The number of esters is 1. The lowest BCUT2D eigenvalue weighted by Crippen LogP contribution is -1.99. The highest BCUT2D eigenvalue weighted by molar-refractivity contribution is 9.10. The Morgan fingerprint density at radius 1 is 1.38 bits per heavy atom. The number of carbonyl (C=O) groups excluding carboxylic acids is 1. The predicted molar refractivity (Wildman–Crippen MR) is 87.0 cm³/mol. The maximum Gasteiger partial charge on any atom is 0.331 e. The molecule has 21 heavy (non-hydrogen) atoms. The second-order valence-corrected chi connectivity index (χ2v) is 5.37. The number of halogens is 2. The van der Waals surface area contributed by atoms with Gasteiger partial charge in [-0.2, -0.15) is 0 Å². The lowest BCUT2D eigenvalue weighted by atomic mass is 10.2. The van der Waals surface area contributed by atoms with E-state index in [9.17, 15) is 4.79 Å². The van der Waals surface area contributed by atoms with Crippen molar-refractivity contribution in [2.24, 2.45) is 0 Å². The highest BCUT2D eigenvalue weighted by Gasteiger charge is 2.08. The van der Waals surface area contributed by atoms with Crippen molar-refractivity contribution in [2.45, 2.75) is 0 Å². The smallest absolute Gasteiger partial charge is 0.331 e. The molecule has 0 saturated heterocycles. The SMILES string of the molecule is C=CCOC(=O)/C=C/c1ccc(-c2ccc(Cl)cc2Br)o1. The molecule has 1 heterocycles. The van der Waals surface area contributed by atoms with Gasteiger partial charge < -0.3 is 9.15 Å². The molecule has 0 fully saturated rings. The third-order valence-electron chi connectivity index (χ3n) is 2.55. The van der Waals surface area contributed by atoms with E-state index >= 15 is 0 Å². The zero-order chi connectivity index (χ0) is 15.2. The predicted octanol–water partition coefficient (Wildman–Crippen LogP) is 5.10. The molecule has 0 amide bonds. The lowest BCUT2D eigenvalue weighted by Gasteiger charge is -2.01. The summed E-state index contributed by atoms with van der Waals surface area (Å²) in [4.78, 5) is 11.3.